The second kappa shape index (κ2) is 9.75. The molecule has 0 unspecified atom stereocenters. The van der Waals surface area contributed by atoms with Gasteiger partial charge in [-0.15, -0.1) is 0 Å². The first-order valence-electron chi connectivity index (χ1n) is 10.4. The van der Waals surface area contributed by atoms with Crippen LogP contribution in [0.1, 0.15) is 12.5 Å². The van der Waals surface area contributed by atoms with E-state index in [0.29, 0.717) is 16.8 Å². The zero-order chi connectivity index (χ0) is 21.8. The van der Waals surface area contributed by atoms with Gasteiger partial charge in [0.15, 0.2) is 0 Å². The molecule has 1 atom stereocenters. The van der Waals surface area contributed by atoms with Gasteiger partial charge in [-0.05, 0) is 36.8 Å². The number of aromatic nitrogens is 1. The molecular weight excluding hydrogens is 476 g/mol. The van der Waals surface area contributed by atoms with E-state index in [2.05, 4.69) is 53.6 Å². The van der Waals surface area contributed by atoms with Crippen molar-refractivity contribution in [3.05, 3.63) is 71.0 Å². The van der Waals surface area contributed by atoms with Crippen molar-refractivity contribution in [2.24, 2.45) is 0 Å². The normalized spacial score (nSPS) is 17.1. The second-order valence-corrected chi connectivity index (χ2v) is 10.7. The summed E-state index contributed by atoms with van der Waals surface area (Å²) in [6.07, 6.45) is 3.31. The van der Waals surface area contributed by atoms with E-state index >= 15 is 0 Å². The second-order valence-electron chi connectivity index (χ2n) is 8.08. The largest absolute Gasteiger partial charge is 0.299 e. The lowest BCUT2D eigenvalue weighted by Crippen LogP contribution is -2.50. The number of nitrogens with zero attached hydrogens (tertiary/aromatic N) is 3. The molecule has 8 heteroatoms. The summed E-state index contributed by atoms with van der Waals surface area (Å²) in [7, 11) is -3.61. The van der Waals surface area contributed by atoms with Crippen molar-refractivity contribution in [3.8, 4) is 0 Å². The predicted octanol–water partition coefficient (Wildman–Crippen LogP) is 3.48. The number of sulfonamides is 1. The molecule has 2 aromatic carbocycles. The van der Waals surface area contributed by atoms with Crippen molar-refractivity contribution in [2.45, 2.75) is 24.4 Å². The van der Waals surface area contributed by atoms with E-state index < -0.39 is 10.0 Å². The lowest BCUT2D eigenvalue weighted by Gasteiger charge is -2.36. The van der Waals surface area contributed by atoms with Crippen molar-refractivity contribution < 1.29 is 8.42 Å². The van der Waals surface area contributed by atoms with Crippen LogP contribution in [0.25, 0.3) is 10.8 Å². The van der Waals surface area contributed by atoms with Crippen LogP contribution >= 0.6 is 15.9 Å². The van der Waals surface area contributed by atoms with Crippen LogP contribution in [0.3, 0.4) is 0 Å². The monoisotopic (exact) mass is 502 g/mol. The van der Waals surface area contributed by atoms with Gasteiger partial charge in [-0.2, -0.15) is 0 Å². The number of hydrogen-bond donors (Lipinski definition) is 1. The minimum Gasteiger partial charge on any atom is -0.299 e. The first-order valence-corrected chi connectivity index (χ1v) is 12.7. The van der Waals surface area contributed by atoms with Gasteiger partial charge in [0.05, 0.1) is 4.90 Å². The molecule has 0 spiro atoms. The Balaban J connectivity index is 1.32. The van der Waals surface area contributed by atoms with Crippen LogP contribution in [-0.4, -0.2) is 62.0 Å². The van der Waals surface area contributed by atoms with Crippen LogP contribution in [-0.2, 0) is 16.6 Å². The van der Waals surface area contributed by atoms with Gasteiger partial charge in [0.2, 0.25) is 10.0 Å². The predicted molar refractivity (Wildman–Crippen MR) is 127 cm³/mol. The van der Waals surface area contributed by atoms with Gasteiger partial charge >= 0.3 is 0 Å². The lowest BCUT2D eigenvalue weighted by atomic mass is 10.2. The molecule has 1 fully saturated rings. The number of pyridine rings is 1. The quantitative estimate of drug-likeness (QED) is 0.535. The number of piperazine rings is 1. The maximum Gasteiger partial charge on any atom is 0.241 e. The zero-order valence-corrected chi connectivity index (χ0v) is 19.9. The van der Waals surface area contributed by atoms with Gasteiger partial charge in [0.25, 0.3) is 0 Å². The minimum absolute atomic E-state index is 0.182. The summed E-state index contributed by atoms with van der Waals surface area (Å²) < 4.78 is 30.0. The summed E-state index contributed by atoms with van der Waals surface area (Å²) in [4.78, 5) is 9.16. The third-order valence-electron chi connectivity index (χ3n) is 5.58. The topological polar surface area (TPSA) is 65.5 Å². The molecule has 1 N–H and O–H groups in total. The molecule has 4 rings (SSSR count). The standard InChI is InChI=1S/C23H27BrN4O2S/c1-18(26-31(29,30)23-7-3-5-20-15-25-9-8-22(20)23)16-27-10-12-28(13-11-27)17-19-4-2-6-21(24)14-19/h2-9,14-15,18,26H,10-13,16-17H2,1H3/t18-/m1/s1. The Morgan fingerprint density at radius 3 is 2.58 bits per heavy atom. The number of hydrogen-bond acceptors (Lipinski definition) is 5. The SMILES string of the molecule is C[C@H](CN1CCN(Cc2cccc(Br)c2)CC1)NS(=O)(=O)c1cccc2cnccc12. The smallest absolute Gasteiger partial charge is 0.241 e. The van der Waals surface area contributed by atoms with Crippen molar-refractivity contribution in [2.75, 3.05) is 32.7 Å². The average molecular weight is 503 g/mol. The summed E-state index contributed by atoms with van der Waals surface area (Å²) in [5, 5.41) is 1.51. The van der Waals surface area contributed by atoms with Gasteiger partial charge in [0.1, 0.15) is 0 Å². The summed E-state index contributed by atoms with van der Waals surface area (Å²) in [6, 6.07) is 15.3. The van der Waals surface area contributed by atoms with Gasteiger partial charge in [0, 0.05) is 72.9 Å². The van der Waals surface area contributed by atoms with E-state index in [0.717, 1.165) is 42.6 Å². The average Bonchev–Trinajstić information content (AvgIpc) is 2.74. The Kier molecular flexibility index (Phi) is 7.03. The minimum atomic E-state index is -3.61. The van der Waals surface area contributed by atoms with Crippen LogP contribution in [0.15, 0.2) is 70.3 Å². The molecule has 31 heavy (non-hydrogen) atoms. The summed E-state index contributed by atoms with van der Waals surface area (Å²) in [5.74, 6) is 0. The van der Waals surface area contributed by atoms with E-state index in [1.165, 1.54) is 5.56 Å². The highest BCUT2D eigenvalue weighted by molar-refractivity contribution is 9.10. The van der Waals surface area contributed by atoms with E-state index in [4.69, 9.17) is 0 Å². The molecule has 2 heterocycles. The Labute approximate surface area is 192 Å². The molecule has 3 aromatic rings. The Hall–Kier alpha value is -1.84. The third-order valence-corrected chi connectivity index (χ3v) is 7.72. The first-order chi connectivity index (χ1) is 14.9. The molecule has 6 nitrogen and oxygen atoms in total. The summed E-state index contributed by atoms with van der Waals surface area (Å²) in [5.41, 5.74) is 1.30. The lowest BCUT2D eigenvalue weighted by molar-refractivity contribution is 0.122. The fourth-order valence-corrected chi connectivity index (χ4v) is 6.01. The highest BCUT2D eigenvalue weighted by atomic mass is 79.9. The van der Waals surface area contributed by atoms with E-state index in [1.54, 1.807) is 30.6 Å². The molecule has 0 bridgehead atoms. The van der Waals surface area contributed by atoms with Crippen LogP contribution in [0.5, 0.6) is 0 Å². The Morgan fingerprint density at radius 2 is 1.81 bits per heavy atom. The van der Waals surface area contributed by atoms with Crippen molar-refractivity contribution in [1.82, 2.24) is 19.5 Å². The number of rotatable bonds is 7. The molecule has 0 saturated carbocycles. The summed E-state index contributed by atoms with van der Waals surface area (Å²) >= 11 is 3.53. The van der Waals surface area contributed by atoms with Gasteiger partial charge in [-0.3, -0.25) is 14.8 Å². The van der Waals surface area contributed by atoms with E-state index in [9.17, 15) is 8.42 Å². The molecule has 164 valence electrons. The van der Waals surface area contributed by atoms with Crippen molar-refractivity contribution in [1.29, 1.82) is 0 Å². The van der Waals surface area contributed by atoms with E-state index in [1.807, 2.05) is 19.1 Å². The Morgan fingerprint density at radius 1 is 1.06 bits per heavy atom. The fourth-order valence-electron chi connectivity index (χ4n) is 4.10. The van der Waals surface area contributed by atoms with Gasteiger partial charge in [-0.25, -0.2) is 13.1 Å². The number of fused-ring (bicyclic) bond motifs is 1. The fraction of sp³-hybridized carbons (Fsp3) is 0.348. The summed E-state index contributed by atoms with van der Waals surface area (Å²) in [6.45, 7) is 7.37. The maximum absolute atomic E-state index is 13.0. The number of benzene rings is 2. The van der Waals surface area contributed by atoms with Gasteiger partial charge < -0.3 is 0 Å². The molecule has 1 aliphatic heterocycles. The first kappa shape index (κ1) is 22.4. The highest BCUT2D eigenvalue weighted by Gasteiger charge is 2.23. The number of halogens is 1. The number of nitrogens with one attached hydrogen (secondary N) is 1. The zero-order valence-electron chi connectivity index (χ0n) is 17.5. The van der Waals surface area contributed by atoms with Crippen molar-refractivity contribution >= 4 is 36.7 Å². The molecule has 0 amide bonds. The van der Waals surface area contributed by atoms with E-state index in [-0.39, 0.29) is 6.04 Å². The third kappa shape index (κ3) is 5.70. The molecule has 1 aromatic heterocycles. The molecule has 1 saturated heterocycles. The van der Waals surface area contributed by atoms with Crippen LogP contribution in [0.4, 0.5) is 0 Å². The Bertz CT molecular complexity index is 1140. The van der Waals surface area contributed by atoms with Crippen LogP contribution in [0, 0.1) is 0 Å². The maximum atomic E-state index is 13.0. The van der Waals surface area contributed by atoms with Crippen LogP contribution in [0.2, 0.25) is 0 Å². The molecule has 0 radical (unpaired) electrons. The molecule has 1 aliphatic rings. The molecular formula is C23H27BrN4O2S. The van der Waals surface area contributed by atoms with Crippen LogP contribution < -0.4 is 4.72 Å². The highest BCUT2D eigenvalue weighted by Crippen LogP contribution is 2.22. The van der Waals surface area contributed by atoms with Gasteiger partial charge in [-0.1, -0.05) is 40.2 Å². The molecule has 0 aliphatic carbocycles. The van der Waals surface area contributed by atoms with Crippen molar-refractivity contribution in [3.63, 3.8) is 0 Å².